The molecule has 0 radical (unpaired) electrons. The van der Waals surface area contributed by atoms with E-state index in [2.05, 4.69) is 15.1 Å². The number of hydrogen-bond acceptors (Lipinski definition) is 8. The number of rotatable bonds is 7. The van der Waals surface area contributed by atoms with Crippen LogP contribution in [0, 0.1) is 11.7 Å². The summed E-state index contributed by atoms with van der Waals surface area (Å²) in [6.45, 7) is 3.72. The molecule has 12 heteroatoms. The van der Waals surface area contributed by atoms with Crippen molar-refractivity contribution in [2.75, 3.05) is 18.9 Å². The van der Waals surface area contributed by atoms with E-state index < -0.39 is 11.9 Å². The van der Waals surface area contributed by atoms with Crippen molar-refractivity contribution in [3.63, 3.8) is 0 Å². The molecule has 38 heavy (non-hydrogen) atoms. The van der Waals surface area contributed by atoms with Gasteiger partial charge in [-0.05, 0) is 37.3 Å². The van der Waals surface area contributed by atoms with E-state index in [1.165, 1.54) is 12.4 Å². The molecular weight excluding hydrogens is 489 g/mol. The number of anilines is 1. The highest BCUT2D eigenvalue weighted by Crippen LogP contribution is 2.36. The number of hydrogen-bond donors (Lipinski definition) is 1. The zero-order chi connectivity index (χ0) is 26.0. The quantitative estimate of drug-likeness (QED) is 0.350. The minimum absolute atomic E-state index is 0.0109. The van der Waals surface area contributed by atoms with Gasteiger partial charge in [-0.25, -0.2) is 24.0 Å². The first-order valence-electron chi connectivity index (χ1n) is 12.8. The first-order valence-corrected chi connectivity index (χ1v) is 12.8. The van der Waals surface area contributed by atoms with Gasteiger partial charge >= 0.3 is 0 Å². The predicted molar refractivity (Wildman–Crippen MR) is 138 cm³/mol. The van der Waals surface area contributed by atoms with Gasteiger partial charge in [-0.3, -0.25) is 14.0 Å². The molecule has 2 aliphatic rings. The fraction of sp³-hybridized carbons (Fsp3) is 0.385. The first kappa shape index (κ1) is 23.0. The highest BCUT2D eigenvalue weighted by atomic mass is 19.1. The molecule has 0 amide bonds. The molecule has 1 atom stereocenters. The molecule has 194 valence electrons. The Hall–Kier alpha value is -4.19. The number of nitrogens with zero attached hydrogens (tertiary/aromatic N) is 8. The van der Waals surface area contributed by atoms with Crippen molar-refractivity contribution in [3.05, 3.63) is 58.9 Å². The number of fused-ring (bicyclic) bond motifs is 2. The number of nitrogens with two attached hydrogens (primary N) is 1. The second-order valence-corrected chi connectivity index (χ2v) is 10.0. The van der Waals surface area contributed by atoms with Gasteiger partial charge in [0.1, 0.15) is 40.9 Å². The van der Waals surface area contributed by atoms with E-state index in [1.54, 1.807) is 27.6 Å². The summed E-state index contributed by atoms with van der Waals surface area (Å²) in [5, 5.41) is 10.1. The number of nitrogen functional groups attached to an aromatic ring is 1. The molecule has 1 saturated carbocycles. The molecule has 7 rings (SSSR count). The van der Waals surface area contributed by atoms with Crippen LogP contribution in [0.3, 0.4) is 0 Å². The number of benzene rings is 1. The summed E-state index contributed by atoms with van der Waals surface area (Å²) in [5.74, 6) is 0.636. The Bertz CT molecular complexity index is 1750. The number of ether oxygens (including phenoxy) is 1. The maximum atomic E-state index is 14.7. The summed E-state index contributed by atoms with van der Waals surface area (Å²) >= 11 is 0. The Morgan fingerprint density at radius 3 is 2.79 bits per heavy atom. The van der Waals surface area contributed by atoms with Gasteiger partial charge in [0.05, 0.1) is 36.4 Å². The monoisotopic (exact) mass is 515 g/mol. The van der Waals surface area contributed by atoms with Gasteiger partial charge in [0.2, 0.25) is 0 Å². The third kappa shape index (κ3) is 3.58. The summed E-state index contributed by atoms with van der Waals surface area (Å²) in [6.07, 6.45) is 7.71. The summed E-state index contributed by atoms with van der Waals surface area (Å²) in [7, 11) is 0. The van der Waals surface area contributed by atoms with Gasteiger partial charge < -0.3 is 10.5 Å². The van der Waals surface area contributed by atoms with E-state index in [0.717, 1.165) is 18.4 Å². The van der Waals surface area contributed by atoms with E-state index >= 15 is 0 Å². The van der Waals surface area contributed by atoms with Crippen molar-refractivity contribution in [2.24, 2.45) is 5.92 Å². The van der Waals surface area contributed by atoms with Gasteiger partial charge in [0.25, 0.3) is 5.56 Å². The Balaban J connectivity index is 1.43. The molecule has 11 nitrogen and oxygen atoms in total. The average molecular weight is 516 g/mol. The van der Waals surface area contributed by atoms with Crippen molar-refractivity contribution in [1.29, 1.82) is 0 Å². The zero-order valence-electron chi connectivity index (χ0n) is 20.8. The van der Waals surface area contributed by atoms with E-state index in [-0.39, 0.29) is 17.0 Å². The van der Waals surface area contributed by atoms with Gasteiger partial charge in [0.15, 0.2) is 5.65 Å². The van der Waals surface area contributed by atoms with Crippen LogP contribution in [0.5, 0.6) is 0 Å². The van der Waals surface area contributed by atoms with Crippen LogP contribution in [0.25, 0.3) is 33.2 Å². The number of halogens is 1. The molecule has 1 aliphatic carbocycles. The van der Waals surface area contributed by atoms with Crippen molar-refractivity contribution < 1.29 is 9.13 Å². The second kappa shape index (κ2) is 8.69. The second-order valence-electron chi connectivity index (χ2n) is 10.0. The van der Waals surface area contributed by atoms with Gasteiger partial charge in [0, 0.05) is 18.3 Å². The Labute approximate surface area is 216 Å². The number of aromatic nitrogens is 8. The topological polar surface area (TPSA) is 132 Å². The molecule has 2 N–H and O–H groups in total. The van der Waals surface area contributed by atoms with Crippen molar-refractivity contribution >= 4 is 27.8 Å². The van der Waals surface area contributed by atoms with Gasteiger partial charge in [-0.2, -0.15) is 10.2 Å². The van der Waals surface area contributed by atoms with E-state index in [9.17, 15) is 9.18 Å². The predicted octanol–water partition coefficient (Wildman–Crippen LogP) is 3.10. The molecule has 5 aromatic rings. The maximum Gasteiger partial charge on any atom is 0.264 e. The summed E-state index contributed by atoms with van der Waals surface area (Å²) < 4.78 is 25.3. The van der Waals surface area contributed by atoms with Gasteiger partial charge in [-0.15, -0.1) is 0 Å². The summed E-state index contributed by atoms with van der Waals surface area (Å²) in [5.41, 5.74) is 8.21. The standard InChI is InChI=1S/C26H26FN9O2/c1-2-19(24-32-18-5-3-4-17(27)20(18)26(37)34(24)9-14-6-7-14)36-25-21(23(28)29-13-30-25)22(33-36)15-8-31-35(10-15)16-11-38-12-16/h3-5,8,10,13-14,16,19H,2,6-7,9,11-12H2,1H3,(H2,28,29,30)/t19-/m0/s1. The van der Waals surface area contributed by atoms with Crippen LogP contribution in [-0.2, 0) is 11.3 Å². The van der Waals surface area contributed by atoms with Crippen molar-refractivity contribution in [1.82, 2.24) is 39.1 Å². The first-order chi connectivity index (χ1) is 18.5. The highest BCUT2D eigenvalue weighted by molar-refractivity contribution is 5.98. The lowest BCUT2D eigenvalue weighted by atomic mass is 10.1. The molecule has 0 bridgehead atoms. The highest BCUT2D eigenvalue weighted by Gasteiger charge is 2.31. The average Bonchev–Trinajstić information content (AvgIpc) is 3.43. The molecule has 5 heterocycles. The fourth-order valence-electron chi connectivity index (χ4n) is 5.15. The van der Waals surface area contributed by atoms with Crippen LogP contribution in [0.2, 0.25) is 0 Å². The largest absolute Gasteiger partial charge is 0.383 e. The van der Waals surface area contributed by atoms with Crippen LogP contribution in [0.15, 0.2) is 41.7 Å². The molecular formula is C26H26FN9O2. The summed E-state index contributed by atoms with van der Waals surface area (Å²) in [4.78, 5) is 27.2. The fourth-order valence-corrected chi connectivity index (χ4v) is 5.15. The molecule has 0 unspecified atom stereocenters. The Morgan fingerprint density at radius 2 is 2.05 bits per heavy atom. The summed E-state index contributed by atoms with van der Waals surface area (Å²) in [6, 6.07) is 4.28. The van der Waals surface area contributed by atoms with Crippen LogP contribution < -0.4 is 11.3 Å². The molecule has 1 saturated heterocycles. The lowest BCUT2D eigenvalue weighted by Crippen LogP contribution is -2.30. The van der Waals surface area contributed by atoms with Crippen LogP contribution in [0.1, 0.15) is 44.1 Å². The van der Waals surface area contributed by atoms with Crippen LogP contribution in [0.4, 0.5) is 10.2 Å². The third-order valence-corrected chi connectivity index (χ3v) is 7.47. The molecule has 0 spiro atoms. The van der Waals surface area contributed by atoms with Gasteiger partial charge in [-0.1, -0.05) is 13.0 Å². The molecule has 1 aliphatic heterocycles. The SMILES string of the molecule is CC[C@@H](c1nc2cccc(F)c2c(=O)n1CC1CC1)n1nc(-c2cnn(C3COC3)c2)c2c(N)ncnc21. The van der Waals surface area contributed by atoms with Crippen molar-refractivity contribution in [3.8, 4) is 11.3 Å². The van der Waals surface area contributed by atoms with E-state index in [4.69, 9.17) is 20.6 Å². The smallest absolute Gasteiger partial charge is 0.264 e. The normalized spacial score (nSPS) is 16.8. The maximum absolute atomic E-state index is 14.7. The minimum atomic E-state index is -0.564. The zero-order valence-corrected chi connectivity index (χ0v) is 20.8. The lowest BCUT2D eigenvalue weighted by Gasteiger charge is -2.25. The molecule has 2 fully saturated rings. The Kier molecular flexibility index (Phi) is 5.25. The molecule has 1 aromatic carbocycles. The van der Waals surface area contributed by atoms with Crippen LogP contribution in [-0.4, -0.2) is 52.3 Å². The van der Waals surface area contributed by atoms with E-state index in [0.29, 0.717) is 66.0 Å². The third-order valence-electron chi connectivity index (χ3n) is 7.47. The lowest BCUT2D eigenvalue weighted by molar-refractivity contribution is -0.0286. The minimum Gasteiger partial charge on any atom is -0.383 e. The van der Waals surface area contributed by atoms with Crippen LogP contribution >= 0.6 is 0 Å². The van der Waals surface area contributed by atoms with Crippen molar-refractivity contribution in [2.45, 2.75) is 44.8 Å². The van der Waals surface area contributed by atoms with E-state index in [1.807, 2.05) is 17.8 Å². The molecule has 4 aromatic heterocycles. The Morgan fingerprint density at radius 1 is 1.21 bits per heavy atom.